The number of halogens is 1. The first-order valence-electron chi connectivity index (χ1n) is 8.50. The molecule has 0 fully saturated rings. The van der Waals surface area contributed by atoms with Gasteiger partial charge in [-0.3, -0.25) is 14.5 Å². The predicted molar refractivity (Wildman–Crippen MR) is 114 cm³/mol. The number of hydrogen-bond acceptors (Lipinski definition) is 3. The maximum Gasteiger partial charge on any atom is 0.223 e. The molecule has 1 heterocycles. The summed E-state index contributed by atoms with van der Waals surface area (Å²) in [6.07, 6.45) is 1.30. The predicted octanol–water partition coefficient (Wildman–Crippen LogP) is 1.62. The van der Waals surface area contributed by atoms with Crippen molar-refractivity contribution in [1.29, 1.82) is 0 Å². The molecule has 0 saturated carbocycles. The van der Waals surface area contributed by atoms with Crippen LogP contribution in [0.1, 0.15) is 37.2 Å². The topological polar surface area (TPSA) is 74.6 Å². The third-order valence-corrected chi connectivity index (χ3v) is 3.99. The zero-order chi connectivity index (χ0) is 18.3. The molecule has 1 amide bonds. The van der Waals surface area contributed by atoms with E-state index in [1.807, 2.05) is 25.6 Å². The fourth-order valence-corrected chi connectivity index (χ4v) is 2.51. The Hall–Kier alpha value is -1.32. The van der Waals surface area contributed by atoms with Gasteiger partial charge < -0.3 is 15.5 Å². The van der Waals surface area contributed by atoms with E-state index in [9.17, 15) is 4.79 Å². The number of aromatic nitrogens is 2. The number of aliphatic imine (C=N–C) groups is 1. The van der Waals surface area contributed by atoms with Crippen LogP contribution in [0.2, 0.25) is 0 Å². The molecule has 7 nitrogen and oxygen atoms in total. The number of nitrogens with one attached hydrogen (secondary N) is 2. The minimum Gasteiger partial charge on any atom is -0.357 e. The van der Waals surface area contributed by atoms with Crippen molar-refractivity contribution in [1.82, 2.24) is 25.3 Å². The summed E-state index contributed by atoms with van der Waals surface area (Å²) in [5, 5.41) is 11.1. The van der Waals surface area contributed by atoms with Crippen molar-refractivity contribution in [3.8, 4) is 0 Å². The lowest BCUT2D eigenvalue weighted by atomic mass is 10.1. The molecule has 0 bridgehead atoms. The van der Waals surface area contributed by atoms with E-state index in [1.165, 1.54) is 11.3 Å². The van der Waals surface area contributed by atoms with Crippen molar-refractivity contribution in [2.45, 2.75) is 46.6 Å². The third kappa shape index (κ3) is 7.62. The van der Waals surface area contributed by atoms with Gasteiger partial charge in [-0.25, -0.2) is 0 Å². The molecule has 25 heavy (non-hydrogen) atoms. The van der Waals surface area contributed by atoms with E-state index < -0.39 is 0 Å². The van der Waals surface area contributed by atoms with Crippen LogP contribution in [0, 0.1) is 13.8 Å². The van der Waals surface area contributed by atoms with Crippen LogP contribution < -0.4 is 10.6 Å². The molecule has 0 aliphatic heterocycles. The number of carbonyl (C=O) groups excluding carboxylic acids is 1. The Bertz CT molecular complexity index is 582. The van der Waals surface area contributed by atoms with Crippen molar-refractivity contribution in [2.24, 2.45) is 12.0 Å². The van der Waals surface area contributed by atoms with Gasteiger partial charge in [-0.15, -0.1) is 24.0 Å². The maximum absolute atomic E-state index is 11.6. The van der Waals surface area contributed by atoms with Gasteiger partial charge in [0, 0.05) is 45.8 Å². The van der Waals surface area contributed by atoms with Crippen LogP contribution in [0.15, 0.2) is 4.99 Å². The molecule has 2 N–H and O–H groups in total. The molecular weight excluding hydrogens is 431 g/mol. The molecule has 0 spiro atoms. The summed E-state index contributed by atoms with van der Waals surface area (Å²) >= 11 is 0. The van der Waals surface area contributed by atoms with Crippen LogP contribution in [-0.4, -0.2) is 59.8 Å². The Morgan fingerprint density at radius 2 is 2.00 bits per heavy atom. The maximum atomic E-state index is 11.6. The molecule has 8 heteroatoms. The number of carbonyl (C=O) groups is 1. The smallest absolute Gasteiger partial charge is 0.223 e. The summed E-state index contributed by atoms with van der Waals surface area (Å²) in [5.41, 5.74) is 3.54. The number of amides is 1. The first-order chi connectivity index (χ1) is 11.3. The van der Waals surface area contributed by atoms with Crippen LogP contribution >= 0.6 is 24.0 Å². The Morgan fingerprint density at radius 1 is 1.36 bits per heavy atom. The third-order valence-electron chi connectivity index (χ3n) is 3.99. The molecule has 0 radical (unpaired) electrons. The highest BCUT2D eigenvalue weighted by atomic mass is 127. The van der Waals surface area contributed by atoms with Gasteiger partial charge >= 0.3 is 0 Å². The normalized spacial score (nSPS) is 12.4. The quantitative estimate of drug-likeness (QED) is 0.366. The van der Waals surface area contributed by atoms with E-state index in [0.717, 1.165) is 24.6 Å². The summed E-state index contributed by atoms with van der Waals surface area (Å²) in [4.78, 5) is 17.7. The van der Waals surface area contributed by atoms with E-state index in [1.54, 1.807) is 19.0 Å². The second-order valence-electron chi connectivity index (χ2n) is 6.32. The SMILES string of the molecule is CCNC(=NCCC(=O)N(C)C)NC(C)Cc1c(C)nn(C)c1C.I. The largest absolute Gasteiger partial charge is 0.357 e. The zero-order valence-electron chi connectivity index (χ0n) is 16.5. The average molecular weight is 464 g/mol. The van der Waals surface area contributed by atoms with E-state index in [-0.39, 0.29) is 35.9 Å². The van der Waals surface area contributed by atoms with E-state index >= 15 is 0 Å². The van der Waals surface area contributed by atoms with Crippen molar-refractivity contribution in [3.63, 3.8) is 0 Å². The van der Waals surface area contributed by atoms with Crippen LogP contribution in [0.3, 0.4) is 0 Å². The molecule has 0 saturated heterocycles. The second kappa shape index (κ2) is 11.3. The highest BCUT2D eigenvalue weighted by Crippen LogP contribution is 2.14. The van der Waals surface area contributed by atoms with E-state index in [4.69, 9.17) is 0 Å². The zero-order valence-corrected chi connectivity index (χ0v) is 18.8. The number of nitrogens with zero attached hydrogens (tertiary/aromatic N) is 4. The standard InChI is InChI=1S/C17H32N6O.HI/c1-8-18-17(19-10-9-16(24)22(5)6)20-12(2)11-15-13(3)21-23(7)14(15)4;/h12H,8-11H2,1-7H3,(H2,18,19,20);1H. The number of rotatable bonds is 7. The minimum atomic E-state index is 0. The lowest BCUT2D eigenvalue weighted by Gasteiger charge is -2.18. The van der Waals surface area contributed by atoms with Gasteiger partial charge in [0.15, 0.2) is 5.96 Å². The number of aryl methyl sites for hydroxylation is 2. The van der Waals surface area contributed by atoms with E-state index in [0.29, 0.717) is 13.0 Å². The summed E-state index contributed by atoms with van der Waals surface area (Å²) in [5.74, 6) is 0.833. The number of guanidine groups is 1. The lowest BCUT2D eigenvalue weighted by molar-refractivity contribution is -0.128. The lowest BCUT2D eigenvalue weighted by Crippen LogP contribution is -2.43. The Labute approximate surface area is 168 Å². The highest BCUT2D eigenvalue weighted by Gasteiger charge is 2.14. The summed E-state index contributed by atoms with van der Waals surface area (Å²) in [6.45, 7) is 9.55. The van der Waals surface area contributed by atoms with Gasteiger partial charge in [0.2, 0.25) is 5.91 Å². The minimum absolute atomic E-state index is 0. The fourth-order valence-electron chi connectivity index (χ4n) is 2.51. The molecule has 1 rings (SSSR count). The first kappa shape index (κ1) is 23.7. The highest BCUT2D eigenvalue weighted by molar-refractivity contribution is 14.0. The van der Waals surface area contributed by atoms with Gasteiger partial charge in [-0.2, -0.15) is 5.10 Å². The molecular formula is C17H33IN6O. The molecule has 1 aromatic heterocycles. The van der Waals surface area contributed by atoms with Crippen LogP contribution in [0.5, 0.6) is 0 Å². The molecule has 0 aliphatic carbocycles. The van der Waals surface area contributed by atoms with Gasteiger partial charge in [-0.1, -0.05) is 0 Å². The van der Waals surface area contributed by atoms with Crippen molar-refractivity contribution in [3.05, 3.63) is 17.0 Å². The van der Waals surface area contributed by atoms with Gasteiger partial charge in [-0.05, 0) is 39.7 Å². The summed E-state index contributed by atoms with van der Waals surface area (Å²) < 4.78 is 1.92. The second-order valence-corrected chi connectivity index (χ2v) is 6.32. The number of hydrogen-bond donors (Lipinski definition) is 2. The van der Waals surface area contributed by atoms with Crippen LogP contribution in [-0.2, 0) is 18.3 Å². The van der Waals surface area contributed by atoms with Crippen molar-refractivity contribution >= 4 is 35.8 Å². The van der Waals surface area contributed by atoms with Crippen LogP contribution in [0.25, 0.3) is 0 Å². The van der Waals surface area contributed by atoms with Crippen LogP contribution in [0.4, 0.5) is 0 Å². The molecule has 1 unspecified atom stereocenters. The molecule has 0 aliphatic rings. The summed E-state index contributed by atoms with van der Waals surface area (Å²) in [7, 11) is 5.49. The Balaban J connectivity index is 0.00000576. The van der Waals surface area contributed by atoms with Crippen molar-refractivity contribution < 1.29 is 4.79 Å². The molecule has 1 atom stereocenters. The molecule has 0 aromatic carbocycles. The fraction of sp³-hybridized carbons (Fsp3) is 0.706. The van der Waals surface area contributed by atoms with Gasteiger partial charge in [0.25, 0.3) is 0 Å². The van der Waals surface area contributed by atoms with E-state index in [2.05, 4.69) is 34.6 Å². The Kier molecular flexibility index (Phi) is 10.7. The molecule has 1 aromatic rings. The average Bonchev–Trinajstić information content (AvgIpc) is 2.73. The monoisotopic (exact) mass is 464 g/mol. The van der Waals surface area contributed by atoms with Crippen molar-refractivity contribution in [2.75, 3.05) is 27.2 Å². The summed E-state index contributed by atoms with van der Waals surface area (Å²) in [6, 6.07) is 0.217. The first-order valence-corrected chi connectivity index (χ1v) is 8.50. The Morgan fingerprint density at radius 3 is 2.48 bits per heavy atom. The van der Waals surface area contributed by atoms with Gasteiger partial charge in [0.05, 0.1) is 12.2 Å². The van der Waals surface area contributed by atoms with Gasteiger partial charge in [0.1, 0.15) is 0 Å². The molecule has 144 valence electrons.